The topological polar surface area (TPSA) is 50.1 Å². The third kappa shape index (κ3) is 1.89. The van der Waals surface area contributed by atoms with Crippen LogP contribution >= 0.6 is 11.6 Å². The number of halogens is 1. The van der Waals surface area contributed by atoms with Gasteiger partial charge in [0.1, 0.15) is 5.75 Å². The Morgan fingerprint density at radius 3 is 2.94 bits per heavy atom. The quantitative estimate of drug-likeness (QED) is 0.757. The van der Waals surface area contributed by atoms with E-state index in [1.165, 1.54) is 7.11 Å². The molecule has 1 aromatic carbocycles. The van der Waals surface area contributed by atoms with Crippen LogP contribution in [-0.4, -0.2) is 12.9 Å². The molecule has 16 heavy (non-hydrogen) atoms. The van der Waals surface area contributed by atoms with E-state index in [1.807, 2.05) is 0 Å². The summed E-state index contributed by atoms with van der Waals surface area (Å²) in [7, 11) is 1.50. The maximum atomic E-state index is 12.0. The minimum Gasteiger partial charge on any atom is -0.496 e. The van der Waals surface area contributed by atoms with E-state index >= 15 is 0 Å². The van der Waals surface area contributed by atoms with Gasteiger partial charge in [-0.3, -0.25) is 4.79 Å². The van der Waals surface area contributed by atoms with Crippen molar-refractivity contribution in [3.8, 4) is 11.8 Å². The molecule has 0 spiro atoms. The fourth-order valence-electron chi connectivity index (χ4n) is 1.70. The maximum absolute atomic E-state index is 12.0. The molecule has 1 aliphatic rings. The minimum absolute atomic E-state index is 0.0277. The van der Waals surface area contributed by atoms with E-state index in [4.69, 9.17) is 21.6 Å². The van der Waals surface area contributed by atoms with Crippen LogP contribution in [-0.2, 0) is 0 Å². The van der Waals surface area contributed by atoms with Crippen molar-refractivity contribution in [3.63, 3.8) is 0 Å². The summed E-state index contributed by atoms with van der Waals surface area (Å²) in [6.45, 7) is 0. The zero-order valence-corrected chi connectivity index (χ0v) is 9.49. The van der Waals surface area contributed by atoms with Gasteiger partial charge in [0.15, 0.2) is 5.78 Å². The van der Waals surface area contributed by atoms with Crippen LogP contribution in [0.2, 0.25) is 5.02 Å². The fraction of sp³-hybridized carbons (Fsp3) is 0.333. The number of ether oxygens (including phenoxy) is 1. The van der Waals surface area contributed by atoms with Crippen molar-refractivity contribution in [3.05, 3.63) is 28.8 Å². The van der Waals surface area contributed by atoms with E-state index in [0.717, 1.165) is 0 Å². The van der Waals surface area contributed by atoms with Crippen molar-refractivity contribution < 1.29 is 9.53 Å². The van der Waals surface area contributed by atoms with Crippen LogP contribution in [0.15, 0.2) is 18.2 Å². The van der Waals surface area contributed by atoms with Crippen molar-refractivity contribution in [2.24, 2.45) is 11.8 Å². The lowest BCUT2D eigenvalue weighted by Crippen LogP contribution is -2.05. The largest absolute Gasteiger partial charge is 0.496 e. The van der Waals surface area contributed by atoms with Gasteiger partial charge < -0.3 is 4.74 Å². The van der Waals surface area contributed by atoms with Gasteiger partial charge in [-0.25, -0.2) is 0 Å². The number of hydrogen-bond donors (Lipinski definition) is 0. The molecule has 2 atom stereocenters. The molecule has 0 heterocycles. The number of benzene rings is 1. The highest BCUT2D eigenvalue weighted by molar-refractivity contribution is 6.30. The number of hydrogen-bond acceptors (Lipinski definition) is 3. The molecule has 0 aliphatic heterocycles. The number of nitrogens with zero attached hydrogens (tertiary/aromatic N) is 1. The summed E-state index contributed by atoms with van der Waals surface area (Å²) < 4.78 is 5.11. The molecule has 1 aliphatic carbocycles. The number of Topliss-reactive ketones (excluding diaryl/α,β-unsaturated/α-hetero) is 1. The van der Waals surface area contributed by atoms with Crippen LogP contribution in [0, 0.1) is 23.2 Å². The molecule has 1 aromatic rings. The highest BCUT2D eigenvalue weighted by Gasteiger charge is 2.44. The number of carbonyl (C=O) groups is 1. The molecule has 2 rings (SSSR count). The summed E-state index contributed by atoms with van der Waals surface area (Å²) in [6, 6.07) is 7.01. The van der Waals surface area contributed by atoms with Gasteiger partial charge >= 0.3 is 0 Å². The molecule has 3 nitrogen and oxygen atoms in total. The fourth-order valence-corrected chi connectivity index (χ4v) is 1.86. The van der Waals surface area contributed by atoms with Crippen molar-refractivity contribution >= 4 is 17.4 Å². The highest BCUT2D eigenvalue weighted by atomic mass is 35.5. The normalized spacial score (nSPS) is 22.3. The number of rotatable bonds is 3. The Labute approximate surface area is 98.6 Å². The molecule has 0 bridgehead atoms. The van der Waals surface area contributed by atoms with Gasteiger partial charge in [-0.15, -0.1) is 0 Å². The van der Waals surface area contributed by atoms with Crippen LogP contribution in [0.5, 0.6) is 5.75 Å². The summed E-state index contributed by atoms with van der Waals surface area (Å²) >= 11 is 5.81. The van der Waals surface area contributed by atoms with Gasteiger partial charge in [-0.1, -0.05) is 11.6 Å². The maximum Gasteiger partial charge on any atom is 0.171 e. The van der Waals surface area contributed by atoms with E-state index < -0.39 is 0 Å². The lowest BCUT2D eigenvalue weighted by Gasteiger charge is -2.07. The van der Waals surface area contributed by atoms with Gasteiger partial charge in [-0.05, 0) is 24.6 Å². The van der Waals surface area contributed by atoms with Crippen molar-refractivity contribution in [1.82, 2.24) is 0 Å². The summed E-state index contributed by atoms with van der Waals surface area (Å²) in [5, 5.41) is 9.22. The Morgan fingerprint density at radius 2 is 2.38 bits per heavy atom. The molecule has 0 amide bonds. The monoisotopic (exact) mass is 235 g/mol. The van der Waals surface area contributed by atoms with Gasteiger partial charge in [0.25, 0.3) is 0 Å². The van der Waals surface area contributed by atoms with Gasteiger partial charge in [0.2, 0.25) is 0 Å². The standard InChI is InChI=1S/C12H10ClNO2/c1-16-11-5-8(13)2-3-9(11)12(15)10-4-7(10)6-14/h2-3,5,7,10H,4H2,1H3. The number of nitriles is 1. The molecule has 82 valence electrons. The second-order valence-corrected chi connectivity index (χ2v) is 4.22. The zero-order chi connectivity index (χ0) is 11.7. The zero-order valence-electron chi connectivity index (χ0n) is 8.74. The lowest BCUT2D eigenvalue weighted by atomic mass is 10.1. The van der Waals surface area contributed by atoms with Gasteiger partial charge in [-0.2, -0.15) is 5.26 Å². The molecule has 2 unspecified atom stereocenters. The molecular formula is C12H10ClNO2. The molecule has 0 aromatic heterocycles. The lowest BCUT2D eigenvalue weighted by molar-refractivity contribution is 0.0961. The van der Waals surface area contributed by atoms with Crippen molar-refractivity contribution in [2.75, 3.05) is 7.11 Å². The Hall–Kier alpha value is -1.53. The average Bonchev–Trinajstić information content (AvgIpc) is 3.07. The molecule has 1 saturated carbocycles. The first kappa shape index (κ1) is 11.0. The Kier molecular flexibility index (Phi) is 2.84. The van der Waals surface area contributed by atoms with E-state index in [2.05, 4.69) is 6.07 Å². The van der Waals surface area contributed by atoms with Crippen LogP contribution in [0.4, 0.5) is 0 Å². The predicted octanol–water partition coefficient (Wildman–Crippen LogP) is 2.69. The van der Waals surface area contributed by atoms with E-state index in [9.17, 15) is 4.79 Å². The Balaban J connectivity index is 2.27. The van der Waals surface area contributed by atoms with E-state index in [1.54, 1.807) is 18.2 Å². The van der Waals surface area contributed by atoms with Crippen molar-refractivity contribution in [1.29, 1.82) is 5.26 Å². The molecule has 1 fully saturated rings. The molecular weight excluding hydrogens is 226 g/mol. The first-order valence-corrected chi connectivity index (χ1v) is 5.32. The third-order valence-corrected chi connectivity index (χ3v) is 2.96. The Bertz CT molecular complexity index is 478. The van der Waals surface area contributed by atoms with E-state index in [-0.39, 0.29) is 17.6 Å². The smallest absolute Gasteiger partial charge is 0.171 e. The summed E-state index contributed by atoms with van der Waals surface area (Å²) in [6.07, 6.45) is 0.654. The summed E-state index contributed by atoms with van der Waals surface area (Å²) in [5.74, 6) is 0.147. The molecule has 0 saturated heterocycles. The highest BCUT2D eigenvalue weighted by Crippen LogP contribution is 2.41. The summed E-state index contributed by atoms with van der Waals surface area (Å²) in [4.78, 5) is 12.0. The van der Waals surface area contributed by atoms with Crippen LogP contribution in [0.3, 0.4) is 0 Å². The van der Waals surface area contributed by atoms with Crippen LogP contribution < -0.4 is 4.74 Å². The van der Waals surface area contributed by atoms with Gasteiger partial charge in [0.05, 0.1) is 24.7 Å². The minimum atomic E-state index is -0.167. The predicted molar refractivity (Wildman–Crippen MR) is 59.5 cm³/mol. The van der Waals surface area contributed by atoms with E-state index in [0.29, 0.717) is 22.8 Å². The average molecular weight is 236 g/mol. The molecule has 0 N–H and O–H groups in total. The molecule has 0 radical (unpaired) electrons. The second-order valence-electron chi connectivity index (χ2n) is 3.79. The summed E-state index contributed by atoms with van der Waals surface area (Å²) in [5.41, 5.74) is 0.509. The first-order valence-electron chi connectivity index (χ1n) is 4.94. The third-order valence-electron chi connectivity index (χ3n) is 2.72. The van der Waals surface area contributed by atoms with Crippen LogP contribution in [0.25, 0.3) is 0 Å². The second kappa shape index (κ2) is 4.15. The molecule has 4 heteroatoms. The SMILES string of the molecule is COc1cc(Cl)ccc1C(=O)C1CC1C#N. The van der Waals surface area contributed by atoms with Crippen molar-refractivity contribution in [2.45, 2.75) is 6.42 Å². The number of methoxy groups -OCH3 is 1. The van der Waals surface area contributed by atoms with Crippen LogP contribution in [0.1, 0.15) is 16.8 Å². The number of ketones is 1. The first-order chi connectivity index (χ1) is 7.67. The Morgan fingerprint density at radius 1 is 1.62 bits per heavy atom. The van der Waals surface area contributed by atoms with Gasteiger partial charge in [0, 0.05) is 10.9 Å². The number of carbonyl (C=O) groups excluding carboxylic acids is 1.